The first-order valence-corrected chi connectivity index (χ1v) is 7.32. The van der Waals surface area contributed by atoms with Gasteiger partial charge in [0.15, 0.2) is 0 Å². The van der Waals surface area contributed by atoms with Gasteiger partial charge in [-0.15, -0.1) is 12.4 Å². The van der Waals surface area contributed by atoms with E-state index in [4.69, 9.17) is 4.74 Å². The zero-order valence-electron chi connectivity index (χ0n) is 12.7. The fraction of sp³-hybridized carbons (Fsp3) is 0.533. The van der Waals surface area contributed by atoms with Crippen LogP contribution in [0.5, 0.6) is 0 Å². The summed E-state index contributed by atoms with van der Waals surface area (Å²) in [5, 5.41) is 2.92. The molecule has 128 valence electrons. The van der Waals surface area contributed by atoms with Crippen molar-refractivity contribution in [3.05, 3.63) is 24.0 Å². The smallest absolute Gasteiger partial charge is 0.388 e. The molecular formula is C15H19ClF3N3O. The predicted octanol–water partition coefficient (Wildman–Crippen LogP) is 3.95. The van der Waals surface area contributed by atoms with Crippen molar-refractivity contribution in [1.29, 1.82) is 0 Å². The highest BCUT2D eigenvalue weighted by molar-refractivity contribution is 5.85. The maximum Gasteiger partial charge on any atom is 0.449 e. The van der Waals surface area contributed by atoms with Crippen LogP contribution in [0.4, 0.5) is 18.9 Å². The van der Waals surface area contributed by atoms with Crippen LogP contribution >= 0.6 is 12.4 Å². The second kappa shape index (κ2) is 6.97. The maximum atomic E-state index is 13.3. The minimum Gasteiger partial charge on any atom is -0.388 e. The van der Waals surface area contributed by atoms with E-state index < -0.39 is 12.0 Å². The van der Waals surface area contributed by atoms with Gasteiger partial charge in [0.2, 0.25) is 5.82 Å². The SMILES string of the molecule is CNc1ccc2c(c1)nc(C(F)(F)F)n2CC1CCOCC1.Cl. The van der Waals surface area contributed by atoms with Gasteiger partial charge in [-0.1, -0.05) is 0 Å². The van der Waals surface area contributed by atoms with Gasteiger partial charge >= 0.3 is 6.18 Å². The van der Waals surface area contributed by atoms with Crippen molar-refractivity contribution < 1.29 is 17.9 Å². The Morgan fingerprint density at radius 1 is 1.30 bits per heavy atom. The number of anilines is 1. The van der Waals surface area contributed by atoms with E-state index in [1.54, 1.807) is 25.2 Å². The van der Waals surface area contributed by atoms with Gasteiger partial charge in [-0.3, -0.25) is 0 Å². The van der Waals surface area contributed by atoms with Crippen LogP contribution in [-0.2, 0) is 17.5 Å². The molecule has 0 bridgehead atoms. The van der Waals surface area contributed by atoms with Crippen molar-refractivity contribution >= 4 is 29.1 Å². The number of nitrogens with zero attached hydrogens (tertiary/aromatic N) is 2. The van der Waals surface area contributed by atoms with Gasteiger partial charge < -0.3 is 14.6 Å². The molecule has 0 atom stereocenters. The molecule has 0 radical (unpaired) electrons. The maximum absolute atomic E-state index is 13.3. The van der Waals surface area contributed by atoms with Crippen LogP contribution in [0.2, 0.25) is 0 Å². The van der Waals surface area contributed by atoms with E-state index in [0.717, 1.165) is 18.5 Å². The van der Waals surface area contributed by atoms with Crippen molar-refractivity contribution in [3.63, 3.8) is 0 Å². The van der Waals surface area contributed by atoms with Crippen molar-refractivity contribution in [3.8, 4) is 0 Å². The van der Waals surface area contributed by atoms with Crippen LogP contribution in [0.25, 0.3) is 11.0 Å². The molecule has 0 amide bonds. The summed E-state index contributed by atoms with van der Waals surface area (Å²) in [4.78, 5) is 3.82. The summed E-state index contributed by atoms with van der Waals surface area (Å²) in [6, 6.07) is 5.11. The molecule has 1 aliphatic heterocycles. The third-order valence-corrected chi connectivity index (χ3v) is 4.07. The number of benzene rings is 1. The molecule has 2 heterocycles. The molecule has 8 heteroatoms. The van der Waals surface area contributed by atoms with Crippen molar-refractivity contribution in [1.82, 2.24) is 9.55 Å². The minimum absolute atomic E-state index is 0. The molecule has 0 unspecified atom stereocenters. The summed E-state index contributed by atoms with van der Waals surface area (Å²) in [6.07, 6.45) is -2.89. The average Bonchev–Trinajstić information content (AvgIpc) is 2.86. The summed E-state index contributed by atoms with van der Waals surface area (Å²) < 4.78 is 46.5. The van der Waals surface area contributed by atoms with E-state index in [2.05, 4.69) is 10.3 Å². The lowest BCUT2D eigenvalue weighted by Crippen LogP contribution is -2.23. The Kier molecular flexibility index (Phi) is 5.41. The highest BCUT2D eigenvalue weighted by Crippen LogP contribution is 2.33. The number of rotatable bonds is 3. The summed E-state index contributed by atoms with van der Waals surface area (Å²) in [7, 11) is 1.73. The van der Waals surface area contributed by atoms with Crippen LogP contribution in [0.3, 0.4) is 0 Å². The van der Waals surface area contributed by atoms with Gasteiger partial charge in [0.1, 0.15) is 0 Å². The number of fused-ring (bicyclic) bond motifs is 1. The molecule has 0 aliphatic carbocycles. The number of imidazole rings is 1. The third-order valence-electron chi connectivity index (χ3n) is 4.07. The molecule has 3 rings (SSSR count). The number of aromatic nitrogens is 2. The van der Waals surface area contributed by atoms with Gasteiger partial charge in [0.05, 0.1) is 11.0 Å². The summed E-state index contributed by atoms with van der Waals surface area (Å²) in [5.41, 5.74) is 1.64. The first kappa shape index (κ1) is 17.9. The van der Waals surface area contributed by atoms with Gasteiger partial charge in [-0.2, -0.15) is 13.2 Å². The standard InChI is InChI=1S/C15H18F3N3O.ClH/c1-19-11-2-3-13-12(8-11)20-14(15(16,17)18)21(13)9-10-4-6-22-7-5-10;/h2-3,8,10,19H,4-7,9H2,1H3;1H. The quantitative estimate of drug-likeness (QED) is 0.912. The van der Waals surface area contributed by atoms with Crippen LogP contribution < -0.4 is 5.32 Å². The molecule has 1 fully saturated rings. The highest BCUT2D eigenvalue weighted by atomic mass is 35.5. The van der Waals surface area contributed by atoms with Crippen LogP contribution in [0.15, 0.2) is 18.2 Å². The van der Waals surface area contributed by atoms with Crippen molar-refractivity contribution in [2.75, 3.05) is 25.6 Å². The number of halogens is 4. The number of hydrogen-bond donors (Lipinski definition) is 1. The molecular weight excluding hydrogens is 331 g/mol. The lowest BCUT2D eigenvalue weighted by atomic mass is 10.0. The normalized spacial score (nSPS) is 16.3. The van der Waals surface area contributed by atoms with Crippen LogP contribution in [0.1, 0.15) is 18.7 Å². The van der Waals surface area contributed by atoms with Crippen molar-refractivity contribution in [2.24, 2.45) is 5.92 Å². The molecule has 0 spiro atoms. The molecule has 1 N–H and O–H groups in total. The number of nitrogens with one attached hydrogen (secondary N) is 1. The molecule has 1 saturated heterocycles. The predicted molar refractivity (Wildman–Crippen MR) is 85.1 cm³/mol. The minimum atomic E-state index is -4.45. The van der Waals surface area contributed by atoms with Crippen molar-refractivity contribution in [2.45, 2.75) is 25.6 Å². The summed E-state index contributed by atoms with van der Waals surface area (Å²) >= 11 is 0. The van der Waals surface area contributed by atoms with Gasteiger partial charge in [0.25, 0.3) is 0 Å². The molecule has 4 nitrogen and oxygen atoms in total. The Morgan fingerprint density at radius 2 is 2.00 bits per heavy atom. The fourth-order valence-corrected chi connectivity index (χ4v) is 2.87. The van der Waals surface area contributed by atoms with E-state index in [0.29, 0.717) is 30.8 Å². The number of hydrogen-bond acceptors (Lipinski definition) is 3. The van der Waals surface area contributed by atoms with Crippen LogP contribution in [0, 0.1) is 5.92 Å². The van der Waals surface area contributed by atoms with E-state index in [-0.39, 0.29) is 18.3 Å². The molecule has 1 aromatic heterocycles. The van der Waals surface area contributed by atoms with E-state index in [9.17, 15) is 13.2 Å². The zero-order valence-corrected chi connectivity index (χ0v) is 13.5. The Bertz CT molecular complexity index is 666. The Hall–Kier alpha value is -1.47. The summed E-state index contributed by atoms with van der Waals surface area (Å²) in [6.45, 7) is 1.55. The topological polar surface area (TPSA) is 39.1 Å². The summed E-state index contributed by atoms with van der Waals surface area (Å²) in [5.74, 6) is -0.626. The van der Waals surface area contributed by atoms with Gasteiger partial charge in [-0.25, -0.2) is 4.98 Å². The van der Waals surface area contributed by atoms with Crippen LogP contribution in [-0.4, -0.2) is 29.8 Å². The lowest BCUT2D eigenvalue weighted by molar-refractivity contribution is -0.147. The Balaban J connectivity index is 0.00000192. The fourth-order valence-electron chi connectivity index (χ4n) is 2.87. The van der Waals surface area contributed by atoms with E-state index >= 15 is 0 Å². The first-order valence-electron chi connectivity index (χ1n) is 7.32. The average molecular weight is 350 g/mol. The highest BCUT2D eigenvalue weighted by Gasteiger charge is 2.38. The second-order valence-electron chi connectivity index (χ2n) is 5.55. The largest absolute Gasteiger partial charge is 0.449 e. The molecule has 0 saturated carbocycles. The zero-order chi connectivity index (χ0) is 15.7. The second-order valence-corrected chi connectivity index (χ2v) is 5.55. The first-order chi connectivity index (χ1) is 10.5. The molecule has 1 aliphatic rings. The van der Waals surface area contributed by atoms with E-state index in [1.165, 1.54) is 4.57 Å². The van der Waals surface area contributed by atoms with Gasteiger partial charge in [0, 0.05) is 32.5 Å². The number of ether oxygens (including phenoxy) is 1. The third kappa shape index (κ3) is 3.72. The molecule has 23 heavy (non-hydrogen) atoms. The molecule has 2 aromatic rings. The monoisotopic (exact) mass is 349 g/mol. The van der Waals surface area contributed by atoms with E-state index in [1.807, 2.05) is 0 Å². The Labute approximate surface area is 138 Å². The lowest BCUT2D eigenvalue weighted by Gasteiger charge is -2.23. The molecule has 1 aromatic carbocycles. The Morgan fingerprint density at radius 3 is 2.61 bits per heavy atom. The van der Waals surface area contributed by atoms with Gasteiger partial charge in [-0.05, 0) is 37.0 Å². The number of alkyl halides is 3.